The molecule has 1 saturated heterocycles. The maximum Gasteiger partial charge on any atom is 0.490 e. The van der Waals surface area contributed by atoms with Gasteiger partial charge in [0, 0.05) is 18.3 Å². The number of phosphoric acid groups is 3. The summed E-state index contributed by atoms with van der Waals surface area (Å²) in [4.78, 5) is 51.3. The van der Waals surface area contributed by atoms with Gasteiger partial charge < -0.3 is 46.0 Å². The van der Waals surface area contributed by atoms with Gasteiger partial charge >= 0.3 is 29.2 Å². The van der Waals surface area contributed by atoms with Gasteiger partial charge in [-0.25, -0.2) is 18.5 Å². The number of hydrogen-bond acceptors (Lipinski definition) is 13. The first-order chi connectivity index (χ1) is 15.1. The molecule has 1 fully saturated rings. The Labute approximate surface area is 184 Å². The zero-order valence-corrected chi connectivity index (χ0v) is 19.0. The summed E-state index contributed by atoms with van der Waals surface area (Å²) in [6.45, 7) is -0.905. The summed E-state index contributed by atoms with van der Waals surface area (Å²) in [7, 11) is -16.8. The lowest BCUT2D eigenvalue weighted by Gasteiger charge is -2.19. The number of anilines is 1. The van der Waals surface area contributed by atoms with Crippen molar-refractivity contribution in [3.8, 4) is 0 Å². The van der Waals surface area contributed by atoms with Crippen LogP contribution in [0.3, 0.4) is 0 Å². The summed E-state index contributed by atoms with van der Waals surface area (Å²) < 4.78 is 51.3. The summed E-state index contributed by atoms with van der Waals surface area (Å²) in [5.74, 6) is -0.154. The number of aliphatic hydroxyl groups excluding tert-OH is 2. The number of hydrogen-bond donors (Lipinski definition) is 8. The zero-order chi connectivity index (χ0) is 25.2. The van der Waals surface area contributed by atoms with Gasteiger partial charge in [-0.05, 0) is 0 Å². The van der Waals surface area contributed by atoms with Gasteiger partial charge in [-0.15, -0.1) is 0 Å². The largest absolute Gasteiger partial charge is 0.490 e. The maximum absolute atomic E-state index is 12.2. The standard InChI is InChI=1S/C12H21N4O14P3/c13-3-1-2-6-4-16(12(19)15-10(6)14)11-9(18)8(17)7(28-11)5-27-32(23,24)30-33(25,26)29-31(20,21)22/h1-2,4,7-9,11,17-18H,3,5,13H2,(H,23,24)(H,25,26)(H2,14,15,19)(H2,20,21,22). The van der Waals surface area contributed by atoms with Crippen molar-refractivity contribution in [1.29, 1.82) is 0 Å². The fourth-order valence-corrected chi connectivity index (χ4v) is 5.60. The van der Waals surface area contributed by atoms with Gasteiger partial charge in [-0.2, -0.15) is 13.6 Å². The van der Waals surface area contributed by atoms with Crippen LogP contribution in [-0.4, -0.2) is 70.8 Å². The highest BCUT2D eigenvalue weighted by atomic mass is 31.3. The molecule has 2 heterocycles. The molecule has 6 unspecified atom stereocenters. The van der Waals surface area contributed by atoms with Crippen LogP contribution in [-0.2, 0) is 31.6 Å². The van der Waals surface area contributed by atoms with Crippen molar-refractivity contribution in [3.05, 3.63) is 28.3 Å². The third-order valence-electron chi connectivity index (χ3n) is 3.87. The summed E-state index contributed by atoms with van der Waals surface area (Å²) in [5, 5.41) is 20.4. The Kier molecular flexibility index (Phi) is 8.89. The van der Waals surface area contributed by atoms with Crippen molar-refractivity contribution < 1.29 is 61.4 Å². The molecular formula is C12H21N4O14P3. The van der Waals surface area contributed by atoms with Gasteiger partial charge in [-0.3, -0.25) is 9.09 Å². The third kappa shape index (κ3) is 7.85. The van der Waals surface area contributed by atoms with E-state index >= 15 is 0 Å². The molecule has 1 aromatic rings. The summed E-state index contributed by atoms with van der Waals surface area (Å²) in [6, 6.07) is 0. The van der Waals surface area contributed by atoms with Crippen LogP contribution in [0, 0.1) is 0 Å². The van der Waals surface area contributed by atoms with Gasteiger partial charge in [0.2, 0.25) is 0 Å². The second kappa shape index (κ2) is 10.5. The molecule has 18 nitrogen and oxygen atoms in total. The average molecular weight is 538 g/mol. The number of nitrogens with two attached hydrogens (primary N) is 2. The number of nitrogen functional groups attached to an aromatic ring is 1. The Balaban J connectivity index is 2.14. The van der Waals surface area contributed by atoms with Gasteiger partial charge in [-0.1, -0.05) is 12.2 Å². The third-order valence-corrected chi connectivity index (χ3v) is 7.68. The van der Waals surface area contributed by atoms with Crippen molar-refractivity contribution in [2.75, 3.05) is 18.9 Å². The second-order valence-corrected chi connectivity index (χ2v) is 10.8. The van der Waals surface area contributed by atoms with Crippen molar-refractivity contribution in [1.82, 2.24) is 9.55 Å². The minimum Gasteiger partial charge on any atom is -0.387 e. The van der Waals surface area contributed by atoms with E-state index in [9.17, 15) is 33.6 Å². The highest BCUT2D eigenvalue weighted by Crippen LogP contribution is 2.66. The predicted molar refractivity (Wildman–Crippen MR) is 107 cm³/mol. The summed E-state index contributed by atoms with van der Waals surface area (Å²) in [5.41, 5.74) is 10.2. The molecule has 2 rings (SSSR count). The van der Waals surface area contributed by atoms with Crippen LogP contribution in [0.4, 0.5) is 5.82 Å². The molecule has 0 amide bonds. The van der Waals surface area contributed by atoms with E-state index < -0.39 is 60.3 Å². The molecule has 1 aromatic heterocycles. The molecule has 6 atom stereocenters. The molecule has 0 bridgehead atoms. The summed E-state index contributed by atoms with van der Waals surface area (Å²) >= 11 is 0. The van der Waals surface area contributed by atoms with Gasteiger partial charge in [0.05, 0.1) is 6.61 Å². The van der Waals surface area contributed by atoms with E-state index in [0.29, 0.717) is 0 Å². The molecule has 10 N–H and O–H groups in total. The molecule has 33 heavy (non-hydrogen) atoms. The van der Waals surface area contributed by atoms with Crippen molar-refractivity contribution in [2.24, 2.45) is 5.73 Å². The molecule has 1 aliphatic rings. The molecule has 0 spiro atoms. The van der Waals surface area contributed by atoms with Crippen LogP contribution >= 0.6 is 23.5 Å². The number of nitrogens with zero attached hydrogens (tertiary/aromatic N) is 2. The van der Waals surface area contributed by atoms with Crippen LogP contribution in [0.2, 0.25) is 0 Å². The lowest BCUT2D eigenvalue weighted by molar-refractivity contribution is -0.0541. The van der Waals surface area contributed by atoms with Crippen molar-refractivity contribution >= 4 is 35.4 Å². The lowest BCUT2D eigenvalue weighted by Crippen LogP contribution is -2.36. The molecular weight excluding hydrogens is 517 g/mol. The minimum absolute atomic E-state index is 0.141. The van der Waals surface area contributed by atoms with E-state index in [1.54, 1.807) is 0 Å². The lowest BCUT2D eigenvalue weighted by atomic mass is 10.1. The zero-order valence-electron chi connectivity index (χ0n) is 16.3. The molecule has 1 aliphatic heterocycles. The van der Waals surface area contributed by atoms with Crippen LogP contribution < -0.4 is 17.2 Å². The van der Waals surface area contributed by atoms with Crippen LogP contribution in [0.25, 0.3) is 6.08 Å². The minimum atomic E-state index is -5.75. The quantitative estimate of drug-likeness (QED) is 0.146. The monoisotopic (exact) mass is 538 g/mol. The van der Waals surface area contributed by atoms with E-state index in [0.717, 1.165) is 10.8 Å². The van der Waals surface area contributed by atoms with E-state index in [-0.39, 0.29) is 17.9 Å². The highest BCUT2D eigenvalue weighted by Gasteiger charge is 2.46. The molecule has 0 radical (unpaired) electrons. The Bertz CT molecular complexity index is 1090. The smallest absolute Gasteiger partial charge is 0.387 e. The van der Waals surface area contributed by atoms with E-state index in [4.69, 9.17) is 30.9 Å². The normalized spacial score (nSPS) is 27.5. The SMILES string of the molecule is NCC=Cc1cn(C2OC(COP(=O)(O)OP(=O)(O)OP(=O)(O)O)C(O)C2O)c(=O)nc1N. The Morgan fingerprint density at radius 3 is 2.33 bits per heavy atom. The molecule has 0 aromatic carbocycles. The maximum atomic E-state index is 12.2. The van der Waals surface area contributed by atoms with Gasteiger partial charge in [0.1, 0.15) is 24.1 Å². The topological polar surface area (TPSA) is 296 Å². The summed E-state index contributed by atoms with van der Waals surface area (Å²) in [6.07, 6.45) is -2.62. The predicted octanol–water partition coefficient (Wildman–Crippen LogP) is -2.24. The van der Waals surface area contributed by atoms with E-state index in [1.807, 2.05) is 0 Å². The number of aliphatic hydroxyl groups is 2. The van der Waals surface area contributed by atoms with E-state index in [1.165, 1.54) is 12.2 Å². The van der Waals surface area contributed by atoms with Gasteiger partial charge in [0.25, 0.3) is 0 Å². The van der Waals surface area contributed by atoms with E-state index in [2.05, 4.69) is 18.1 Å². The first kappa shape index (κ1) is 27.9. The number of rotatable bonds is 10. The molecule has 188 valence electrons. The number of phosphoric ester groups is 1. The number of ether oxygens (including phenoxy) is 1. The van der Waals surface area contributed by atoms with Crippen LogP contribution in [0.5, 0.6) is 0 Å². The Morgan fingerprint density at radius 2 is 1.76 bits per heavy atom. The van der Waals surface area contributed by atoms with Crippen molar-refractivity contribution in [3.63, 3.8) is 0 Å². The average Bonchev–Trinajstić information content (AvgIpc) is 2.91. The fraction of sp³-hybridized carbons (Fsp3) is 0.500. The Morgan fingerprint density at radius 1 is 1.12 bits per heavy atom. The van der Waals surface area contributed by atoms with Crippen LogP contribution in [0.15, 0.2) is 17.1 Å². The first-order valence-electron chi connectivity index (χ1n) is 8.60. The van der Waals surface area contributed by atoms with Gasteiger partial charge in [0.15, 0.2) is 6.23 Å². The second-order valence-electron chi connectivity index (χ2n) is 6.34. The Hall–Kier alpha value is -1.33. The number of aromatic nitrogens is 2. The molecule has 0 aliphatic carbocycles. The first-order valence-corrected chi connectivity index (χ1v) is 13.1. The van der Waals surface area contributed by atoms with Crippen LogP contribution in [0.1, 0.15) is 11.8 Å². The fourth-order valence-electron chi connectivity index (χ4n) is 2.57. The molecule has 21 heteroatoms. The van der Waals surface area contributed by atoms with Crippen molar-refractivity contribution in [2.45, 2.75) is 24.5 Å². The molecule has 0 saturated carbocycles. The highest BCUT2D eigenvalue weighted by molar-refractivity contribution is 7.66.